The molecule has 188 valence electrons. The van der Waals surface area contributed by atoms with Crippen LogP contribution in [-0.4, -0.2) is 45.3 Å². The molecule has 1 aliphatic carbocycles. The minimum Gasteiger partial charge on any atom is -0.342 e. The molecule has 2 heterocycles. The number of alkyl halides is 3. The highest BCUT2D eigenvalue weighted by Crippen LogP contribution is 2.34. The van der Waals surface area contributed by atoms with Crippen LogP contribution < -0.4 is 16.0 Å². The van der Waals surface area contributed by atoms with Crippen LogP contribution in [0.4, 0.5) is 13.2 Å². The highest BCUT2D eigenvalue weighted by Gasteiger charge is 2.44. The summed E-state index contributed by atoms with van der Waals surface area (Å²) in [6, 6.07) is -1.73. The molecule has 2 aromatic heterocycles. The summed E-state index contributed by atoms with van der Waals surface area (Å²) >= 11 is 1.19. The summed E-state index contributed by atoms with van der Waals surface area (Å²) in [7, 11) is 0. The molecule has 9 nitrogen and oxygen atoms in total. The van der Waals surface area contributed by atoms with E-state index in [9.17, 15) is 32.8 Å². The number of nitrogens with zero attached hydrogens (tertiary/aromatic N) is 3. The van der Waals surface area contributed by atoms with E-state index >= 15 is 0 Å². The van der Waals surface area contributed by atoms with Gasteiger partial charge in [-0.2, -0.15) is 22.8 Å². The number of hydrogen-bond acceptors (Lipinski definition) is 7. The number of nitrogens with one attached hydrogen (secondary N) is 3. The average Bonchev–Trinajstić information content (AvgIpc) is 3.45. The van der Waals surface area contributed by atoms with Crippen LogP contribution in [0.15, 0.2) is 18.6 Å². The van der Waals surface area contributed by atoms with E-state index < -0.39 is 47.4 Å². The normalized spacial score (nSPS) is 16.6. The molecule has 3 atom stereocenters. The summed E-state index contributed by atoms with van der Waals surface area (Å²) in [4.78, 5) is 41.7. The molecule has 0 radical (unpaired) electrons. The van der Waals surface area contributed by atoms with Crippen molar-refractivity contribution in [2.45, 2.75) is 64.3 Å². The van der Waals surface area contributed by atoms with Crippen molar-refractivity contribution in [1.29, 1.82) is 5.26 Å². The maximum atomic E-state index is 13.1. The quantitative estimate of drug-likeness (QED) is 0.500. The summed E-state index contributed by atoms with van der Waals surface area (Å²) in [6.45, 7) is 4.49. The summed E-state index contributed by atoms with van der Waals surface area (Å²) in [5.74, 6) is -3.66. The third-order valence-corrected chi connectivity index (χ3v) is 6.33. The van der Waals surface area contributed by atoms with Crippen molar-refractivity contribution in [2.24, 2.45) is 11.3 Å². The molecule has 0 aliphatic heterocycles. The molecule has 0 aromatic carbocycles. The number of nitriles is 1. The Kier molecular flexibility index (Phi) is 7.64. The van der Waals surface area contributed by atoms with E-state index in [-0.39, 0.29) is 12.3 Å². The standard InChI is InChI=1S/C22H25F3N6O3S/c1-21(2,3)17(31-20(34)22(23,24)25)19(33)29-14(6-11-4-5-11)18(32)30-15(7-26)12-8-27-10-16-13(12)9-28-35-16/h8-11,14-15,17H,4-6H2,1-3H3,(H,29,33)(H,30,32)(H,31,34). The van der Waals surface area contributed by atoms with Gasteiger partial charge in [-0.25, -0.2) is 0 Å². The van der Waals surface area contributed by atoms with Crippen LogP contribution >= 0.6 is 11.5 Å². The lowest BCUT2D eigenvalue weighted by Gasteiger charge is -2.32. The van der Waals surface area contributed by atoms with E-state index in [1.54, 1.807) is 17.7 Å². The van der Waals surface area contributed by atoms with Gasteiger partial charge in [-0.1, -0.05) is 33.6 Å². The number of rotatable bonds is 8. The number of carbonyl (C=O) groups is 3. The first-order valence-electron chi connectivity index (χ1n) is 10.9. The highest BCUT2D eigenvalue weighted by atomic mass is 32.1. The van der Waals surface area contributed by atoms with Crippen molar-refractivity contribution in [1.82, 2.24) is 25.3 Å². The zero-order valence-electron chi connectivity index (χ0n) is 19.3. The second-order valence-electron chi connectivity index (χ2n) is 9.55. The molecular weight excluding hydrogens is 485 g/mol. The lowest BCUT2D eigenvalue weighted by Crippen LogP contribution is -2.59. The summed E-state index contributed by atoms with van der Waals surface area (Å²) in [5.41, 5.74) is -0.637. The molecule has 3 unspecified atom stereocenters. The molecule has 3 N–H and O–H groups in total. The van der Waals surface area contributed by atoms with E-state index in [1.165, 1.54) is 38.5 Å². The van der Waals surface area contributed by atoms with Gasteiger partial charge in [0.05, 0.1) is 10.8 Å². The maximum absolute atomic E-state index is 13.1. The Morgan fingerprint density at radius 2 is 1.80 bits per heavy atom. The third-order valence-electron chi connectivity index (χ3n) is 5.60. The fraction of sp³-hybridized carbons (Fsp3) is 0.545. The molecular formula is C22H25F3N6O3S. The van der Waals surface area contributed by atoms with Gasteiger partial charge in [0.2, 0.25) is 11.8 Å². The molecule has 1 saturated carbocycles. The van der Waals surface area contributed by atoms with Crippen LogP contribution in [0.25, 0.3) is 10.1 Å². The first kappa shape index (κ1) is 26.3. The van der Waals surface area contributed by atoms with Crippen molar-refractivity contribution >= 4 is 39.3 Å². The van der Waals surface area contributed by atoms with Gasteiger partial charge in [0.25, 0.3) is 0 Å². The molecule has 35 heavy (non-hydrogen) atoms. The highest BCUT2D eigenvalue weighted by molar-refractivity contribution is 7.13. The molecule has 3 amide bonds. The predicted octanol–water partition coefficient (Wildman–Crippen LogP) is 2.75. The van der Waals surface area contributed by atoms with Crippen LogP contribution in [0.1, 0.15) is 51.6 Å². The average molecular weight is 511 g/mol. The molecule has 2 aromatic rings. The predicted molar refractivity (Wildman–Crippen MR) is 121 cm³/mol. The van der Waals surface area contributed by atoms with Crippen molar-refractivity contribution in [2.75, 3.05) is 0 Å². The molecule has 3 rings (SSSR count). The molecule has 0 bridgehead atoms. The van der Waals surface area contributed by atoms with Crippen LogP contribution in [0.5, 0.6) is 0 Å². The minimum atomic E-state index is -5.17. The third kappa shape index (κ3) is 6.66. The molecule has 0 saturated heterocycles. The number of fused-ring (bicyclic) bond motifs is 1. The Morgan fingerprint density at radius 1 is 1.11 bits per heavy atom. The van der Waals surface area contributed by atoms with Gasteiger partial charge in [-0.05, 0) is 29.3 Å². The zero-order valence-corrected chi connectivity index (χ0v) is 20.1. The van der Waals surface area contributed by atoms with Crippen LogP contribution in [0.3, 0.4) is 0 Å². The van der Waals surface area contributed by atoms with Gasteiger partial charge >= 0.3 is 12.1 Å². The number of halogens is 3. The SMILES string of the molecule is CC(C)(C)C(NC(=O)C(F)(F)F)C(=O)NC(CC1CC1)C(=O)NC(C#N)c1cncc2sncc12. The van der Waals surface area contributed by atoms with E-state index in [1.807, 2.05) is 6.07 Å². The number of hydrogen-bond donors (Lipinski definition) is 3. The largest absolute Gasteiger partial charge is 0.471 e. The smallest absolute Gasteiger partial charge is 0.342 e. The molecule has 13 heteroatoms. The second-order valence-corrected chi connectivity index (χ2v) is 10.4. The fourth-order valence-electron chi connectivity index (χ4n) is 3.53. The van der Waals surface area contributed by atoms with E-state index in [0.29, 0.717) is 10.9 Å². The molecule has 0 spiro atoms. The van der Waals surface area contributed by atoms with E-state index in [4.69, 9.17) is 0 Å². The fourth-order valence-corrected chi connectivity index (χ4v) is 4.18. The zero-order chi connectivity index (χ0) is 26.0. The molecule has 1 aliphatic rings. The van der Waals surface area contributed by atoms with Crippen molar-refractivity contribution < 1.29 is 27.6 Å². The van der Waals surface area contributed by atoms with Crippen molar-refractivity contribution in [3.8, 4) is 6.07 Å². The Morgan fingerprint density at radius 3 is 2.37 bits per heavy atom. The number of pyridine rings is 1. The van der Waals surface area contributed by atoms with Crippen LogP contribution in [0, 0.1) is 22.7 Å². The Bertz CT molecular complexity index is 1150. The van der Waals surface area contributed by atoms with Gasteiger partial charge in [-0.3, -0.25) is 19.4 Å². The summed E-state index contributed by atoms with van der Waals surface area (Å²) in [6.07, 6.45) is 1.38. The number of carbonyl (C=O) groups excluding carboxylic acids is 3. The minimum absolute atomic E-state index is 0.163. The van der Waals surface area contributed by atoms with Gasteiger partial charge < -0.3 is 16.0 Å². The van der Waals surface area contributed by atoms with Crippen LogP contribution in [-0.2, 0) is 14.4 Å². The number of aromatic nitrogens is 2. The summed E-state index contributed by atoms with van der Waals surface area (Å²) < 4.78 is 43.2. The van der Waals surface area contributed by atoms with Crippen molar-refractivity contribution in [3.63, 3.8) is 0 Å². The Balaban J connectivity index is 1.79. The Hall–Kier alpha value is -3.27. The first-order valence-corrected chi connectivity index (χ1v) is 11.6. The van der Waals surface area contributed by atoms with E-state index in [0.717, 1.165) is 17.5 Å². The van der Waals surface area contributed by atoms with Gasteiger partial charge in [0.1, 0.15) is 18.1 Å². The van der Waals surface area contributed by atoms with Gasteiger partial charge in [0, 0.05) is 29.5 Å². The lowest BCUT2D eigenvalue weighted by atomic mass is 9.85. The maximum Gasteiger partial charge on any atom is 0.471 e. The van der Waals surface area contributed by atoms with Gasteiger partial charge in [-0.15, -0.1) is 0 Å². The molecule has 1 fully saturated rings. The van der Waals surface area contributed by atoms with E-state index in [2.05, 4.69) is 20.0 Å². The van der Waals surface area contributed by atoms with Gasteiger partial charge in [0.15, 0.2) is 0 Å². The van der Waals surface area contributed by atoms with Crippen molar-refractivity contribution in [3.05, 3.63) is 24.2 Å². The van der Waals surface area contributed by atoms with Crippen LogP contribution in [0.2, 0.25) is 0 Å². The lowest BCUT2D eigenvalue weighted by molar-refractivity contribution is -0.175. The second kappa shape index (κ2) is 10.2. The first-order chi connectivity index (χ1) is 16.3. The monoisotopic (exact) mass is 510 g/mol. The topological polar surface area (TPSA) is 137 Å². The number of amides is 3. The Labute approximate surface area is 203 Å². The summed E-state index contributed by atoms with van der Waals surface area (Å²) in [5, 5.41) is 17.2.